The van der Waals surface area contributed by atoms with Crippen molar-refractivity contribution in [2.24, 2.45) is 5.92 Å². The molecule has 5 heteroatoms. The van der Waals surface area contributed by atoms with Crippen LogP contribution in [-0.4, -0.2) is 33.3 Å². The Bertz CT molecular complexity index is 276. The molecule has 4 nitrogen and oxygen atoms in total. The zero-order chi connectivity index (χ0) is 12.8. The van der Waals surface area contributed by atoms with Gasteiger partial charge in [0, 0.05) is 12.6 Å². The molecule has 0 aliphatic carbocycles. The molecule has 98 valence electrons. The van der Waals surface area contributed by atoms with E-state index < -0.39 is 10.0 Å². The average molecular weight is 250 g/mol. The first-order valence-electron chi connectivity index (χ1n) is 5.95. The molecule has 0 rings (SSSR count). The van der Waals surface area contributed by atoms with Crippen LogP contribution in [0.4, 0.5) is 0 Å². The van der Waals surface area contributed by atoms with Gasteiger partial charge in [-0.05, 0) is 39.7 Å². The number of sulfonamides is 1. The fraction of sp³-hybridized carbons (Fsp3) is 1.00. The van der Waals surface area contributed by atoms with Crippen LogP contribution in [0.5, 0.6) is 0 Å². The molecule has 2 N–H and O–H groups in total. The van der Waals surface area contributed by atoms with E-state index in [2.05, 4.69) is 23.9 Å². The molecule has 0 radical (unpaired) electrons. The maximum absolute atomic E-state index is 11.8. The lowest BCUT2D eigenvalue weighted by Gasteiger charge is -2.19. The Labute approximate surface area is 100 Å². The summed E-state index contributed by atoms with van der Waals surface area (Å²) in [5, 5.41) is 2.49. The third-order valence-electron chi connectivity index (χ3n) is 2.56. The lowest BCUT2D eigenvalue weighted by Crippen LogP contribution is -2.42. The van der Waals surface area contributed by atoms with Crippen LogP contribution in [0, 0.1) is 5.92 Å². The second-order valence-electron chi connectivity index (χ2n) is 4.90. The van der Waals surface area contributed by atoms with Crippen LogP contribution < -0.4 is 10.0 Å². The molecule has 0 aromatic rings. The highest BCUT2D eigenvalue weighted by atomic mass is 32.2. The molecule has 0 aliphatic rings. The first kappa shape index (κ1) is 15.9. The Kier molecular flexibility index (Phi) is 7.19. The molecule has 0 saturated carbocycles. The Hall–Kier alpha value is -0.130. The van der Waals surface area contributed by atoms with Gasteiger partial charge in [-0.2, -0.15) is 0 Å². The highest BCUT2D eigenvalue weighted by Gasteiger charge is 2.21. The summed E-state index contributed by atoms with van der Waals surface area (Å²) in [6, 6.07) is 0.0201. The number of hydrogen-bond acceptors (Lipinski definition) is 3. The molecular weight excluding hydrogens is 224 g/mol. The monoisotopic (exact) mass is 250 g/mol. The van der Waals surface area contributed by atoms with Crippen LogP contribution in [0.15, 0.2) is 0 Å². The molecule has 0 spiro atoms. The predicted molar refractivity (Wildman–Crippen MR) is 69.0 cm³/mol. The van der Waals surface area contributed by atoms with Gasteiger partial charge in [0.15, 0.2) is 0 Å². The van der Waals surface area contributed by atoms with Gasteiger partial charge in [0.2, 0.25) is 10.0 Å². The van der Waals surface area contributed by atoms with Gasteiger partial charge in [0.1, 0.15) is 0 Å². The quantitative estimate of drug-likeness (QED) is 0.683. The van der Waals surface area contributed by atoms with E-state index in [0.29, 0.717) is 12.5 Å². The summed E-state index contributed by atoms with van der Waals surface area (Å²) < 4.78 is 26.4. The number of rotatable bonds is 8. The van der Waals surface area contributed by atoms with Gasteiger partial charge >= 0.3 is 0 Å². The summed E-state index contributed by atoms with van der Waals surface area (Å²) >= 11 is 0. The molecule has 0 saturated heterocycles. The number of hydrogen-bond donors (Lipinski definition) is 2. The molecule has 0 fully saturated rings. The van der Waals surface area contributed by atoms with Crippen LogP contribution in [-0.2, 0) is 10.0 Å². The van der Waals surface area contributed by atoms with Crippen molar-refractivity contribution in [2.45, 2.75) is 51.8 Å². The minimum atomic E-state index is -3.18. The van der Waals surface area contributed by atoms with E-state index in [9.17, 15) is 8.42 Å². The molecule has 16 heavy (non-hydrogen) atoms. The largest absolute Gasteiger partial charge is 0.318 e. The van der Waals surface area contributed by atoms with Crippen molar-refractivity contribution >= 4 is 10.0 Å². The SMILES string of the molecule is CNCC(C)S(=O)(=O)NC(C)CCC(C)C. The van der Waals surface area contributed by atoms with Crippen LogP contribution in [0.3, 0.4) is 0 Å². The molecule has 2 atom stereocenters. The van der Waals surface area contributed by atoms with Gasteiger partial charge in [-0.1, -0.05) is 13.8 Å². The van der Waals surface area contributed by atoms with Gasteiger partial charge in [0.05, 0.1) is 5.25 Å². The Balaban J connectivity index is 4.15. The second-order valence-corrected chi connectivity index (χ2v) is 7.03. The molecule has 0 heterocycles. The van der Waals surface area contributed by atoms with E-state index in [1.165, 1.54) is 0 Å². The van der Waals surface area contributed by atoms with Gasteiger partial charge in [0.25, 0.3) is 0 Å². The topological polar surface area (TPSA) is 58.2 Å². The maximum atomic E-state index is 11.8. The fourth-order valence-electron chi connectivity index (χ4n) is 1.44. The minimum absolute atomic E-state index is 0.0201. The van der Waals surface area contributed by atoms with Crippen molar-refractivity contribution in [1.29, 1.82) is 0 Å². The summed E-state index contributed by atoms with van der Waals surface area (Å²) in [5.74, 6) is 0.613. The first-order valence-corrected chi connectivity index (χ1v) is 7.50. The van der Waals surface area contributed by atoms with Crippen LogP contribution in [0.2, 0.25) is 0 Å². The summed E-state index contributed by atoms with van der Waals surface area (Å²) in [6.07, 6.45) is 1.94. The minimum Gasteiger partial charge on any atom is -0.318 e. The van der Waals surface area contributed by atoms with E-state index in [4.69, 9.17) is 0 Å². The standard InChI is InChI=1S/C11H26N2O2S/c1-9(2)6-7-10(3)13-16(14,15)11(4)8-12-5/h9-13H,6-8H2,1-5H3. The lowest BCUT2D eigenvalue weighted by molar-refractivity contribution is 0.481. The van der Waals surface area contributed by atoms with Crippen molar-refractivity contribution in [3.8, 4) is 0 Å². The highest BCUT2D eigenvalue weighted by molar-refractivity contribution is 7.90. The molecule has 0 bridgehead atoms. The Morgan fingerprint density at radius 3 is 2.06 bits per heavy atom. The predicted octanol–water partition coefficient (Wildman–Crippen LogP) is 1.34. The molecule has 0 aliphatic heterocycles. The fourth-order valence-corrected chi connectivity index (χ4v) is 2.73. The van der Waals surface area contributed by atoms with E-state index in [-0.39, 0.29) is 11.3 Å². The third kappa shape index (κ3) is 6.45. The van der Waals surface area contributed by atoms with Crippen molar-refractivity contribution < 1.29 is 8.42 Å². The highest BCUT2D eigenvalue weighted by Crippen LogP contribution is 2.08. The zero-order valence-corrected chi connectivity index (χ0v) is 11.9. The van der Waals surface area contributed by atoms with Gasteiger partial charge in [-0.3, -0.25) is 0 Å². The first-order chi connectivity index (χ1) is 7.29. The average Bonchev–Trinajstić information content (AvgIpc) is 2.14. The lowest BCUT2D eigenvalue weighted by atomic mass is 10.1. The Morgan fingerprint density at radius 2 is 1.62 bits per heavy atom. The molecular formula is C11H26N2O2S. The number of nitrogens with one attached hydrogen (secondary N) is 2. The Morgan fingerprint density at radius 1 is 1.06 bits per heavy atom. The van der Waals surface area contributed by atoms with Crippen molar-refractivity contribution in [1.82, 2.24) is 10.0 Å². The summed E-state index contributed by atoms with van der Waals surface area (Å²) in [4.78, 5) is 0. The smallest absolute Gasteiger partial charge is 0.215 e. The van der Waals surface area contributed by atoms with E-state index in [1.54, 1.807) is 14.0 Å². The van der Waals surface area contributed by atoms with E-state index in [0.717, 1.165) is 12.8 Å². The summed E-state index contributed by atoms with van der Waals surface area (Å²) in [7, 11) is -1.42. The van der Waals surface area contributed by atoms with Gasteiger partial charge in [-0.25, -0.2) is 13.1 Å². The van der Waals surface area contributed by atoms with E-state index in [1.807, 2.05) is 6.92 Å². The molecule has 0 amide bonds. The van der Waals surface area contributed by atoms with Crippen LogP contribution in [0.1, 0.15) is 40.5 Å². The van der Waals surface area contributed by atoms with Crippen LogP contribution >= 0.6 is 0 Å². The van der Waals surface area contributed by atoms with Crippen molar-refractivity contribution in [3.63, 3.8) is 0 Å². The molecule has 0 aromatic heterocycles. The summed E-state index contributed by atoms with van der Waals surface area (Å²) in [5.41, 5.74) is 0. The van der Waals surface area contributed by atoms with E-state index >= 15 is 0 Å². The maximum Gasteiger partial charge on any atom is 0.215 e. The van der Waals surface area contributed by atoms with Gasteiger partial charge < -0.3 is 5.32 Å². The van der Waals surface area contributed by atoms with Crippen molar-refractivity contribution in [2.75, 3.05) is 13.6 Å². The summed E-state index contributed by atoms with van der Waals surface area (Å²) in [6.45, 7) is 8.40. The second kappa shape index (κ2) is 7.25. The van der Waals surface area contributed by atoms with Crippen LogP contribution in [0.25, 0.3) is 0 Å². The van der Waals surface area contributed by atoms with Gasteiger partial charge in [-0.15, -0.1) is 0 Å². The molecule has 0 aromatic carbocycles. The molecule has 2 unspecified atom stereocenters. The third-order valence-corrected chi connectivity index (χ3v) is 4.52. The zero-order valence-electron chi connectivity index (χ0n) is 11.1. The van der Waals surface area contributed by atoms with Crippen molar-refractivity contribution in [3.05, 3.63) is 0 Å². The normalized spacial score (nSPS) is 16.4.